The highest BCUT2D eigenvalue weighted by Gasteiger charge is 2.29. The monoisotopic (exact) mass is 361 g/mol. The van der Waals surface area contributed by atoms with Crippen LogP contribution in [0.4, 0.5) is 0 Å². The van der Waals surface area contributed by atoms with E-state index in [4.69, 9.17) is 4.52 Å². The predicted molar refractivity (Wildman–Crippen MR) is 93.1 cm³/mol. The Bertz CT molecular complexity index is 866. The van der Waals surface area contributed by atoms with Gasteiger partial charge in [0.25, 0.3) is 5.91 Å². The van der Waals surface area contributed by atoms with Gasteiger partial charge in [-0.05, 0) is 18.6 Å². The first-order chi connectivity index (χ1) is 12.0. The molecule has 1 aliphatic rings. The molecule has 0 atom stereocenters. The summed E-state index contributed by atoms with van der Waals surface area (Å²) in [5.41, 5.74) is 1.45. The molecule has 0 unspecified atom stereocenters. The number of aromatic nitrogens is 1. The van der Waals surface area contributed by atoms with Crippen molar-refractivity contribution in [2.45, 2.75) is 6.92 Å². The number of piperazine rings is 1. The van der Waals surface area contributed by atoms with Crippen molar-refractivity contribution < 1.29 is 17.7 Å². The minimum absolute atomic E-state index is 0.179. The molecular formula is C17H19N3O4S. The quantitative estimate of drug-likeness (QED) is 0.828. The van der Waals surface area contributed by atoms with Gasteiger partial charge in [-0.2, -0.15) is 4.31 Å². The average molecular weight is 361 g/mol. The Kier molecular flexibility index (Phi) is 5.00. The Balaban J connectivity index is 1.61. The third-order valence-corrected chi connectivity index (χ3v) is 5.52. The number of benzene rings is 1. The van der Waals surface area contributed by atoms with Crippen LogP contribution in [0, 0.1) is 6.92 Å². The number of amides is 1. The fourth-order valence-electron chi connectivity index (χ4n) is 2.58. The molecule has 0 spiro atoms. The molecule has 1 fully saturated rings. The number of carbonyl (C=O) groups excluding carboxylic acids is 1. The molecule has 1 aromatic heterocycles. The summed E-state index contributed by atoms with van der Waals surface area (Å²) in [6.07, 6.45) is 1.57. The Morgan fingerprint density at radius 3 is 2.44 bits per heavy atom. The molecule has 3 rings (SSSR count). The van der Waals surface area contributed by atoms with E-state index in [1.54, 1.807) is 24.0 Å². The molecule has 25 heavy (non-hydrogen) atoms. The molecule has 0 aliphatic carbocycles. The number of aryl methyl sites for hydroxylation is 1. The minimum Gasteiger partial charge on any atom is -0.351 e. The molecule has 1 saturated heterocycles. The normalized spacial score (nSPS) is 16.4. The molecule has 2 aromatic rings. The SMILES string of the molecule is Cc1cc(C(=O)N2CCN(S(=O)(=O)C=Cc3ccccc3)CC2)on1. The van der Waals surface area contributed by atoms with Crippen LogP contribution in [0.1, 0.15) is 21.8 Å². The molecule has 1 aliphatic heterocycles. The van der Waals surface area contributed by atoms with E-state index in [9.17, 15) is 13.2 Å². The van der Waals surface area contributed by atoms with E-state index < -0.39 is 10.0 Å². The lowest BCUT2D eigenvalue weighted by Gasteiger charge is -2.32. The summed E-state index contributed by atoms with van der Waals surface area (Å²) in [5, 5.41) is 4.91. The summed E-state index contributed by atoms with van der Waals surface area (Å²) in [4.78, 5) is 13.9. The summed E-state index contributed by atoms with van der Waals surface area (Å²) in [6.45, 7) is 2.87. The second kappa shape index (κ2) is 7.20. The zero-order valence-corrected chi connectivity index (χ0v) is 14.6. The lowest BCUT2D eigenvalue weighted by Crippen LogP contribution is -2.50. The number of rotatable bonds is 4. The molecule has 0 radical (unpaired) electrons. The first kappa shape index (κ1) is 17.4. The van der Waals surface area contributed by atoms with Gasteiger partial charge in [0.15, 0.2) is 0 Å². The minimum atomic E-state index is -3.51. The summed E-state index contributed by atoms with van der Waals surface area (Å²) >= 11 is 0. The van der Waals surface area contributed by atoms with Gasteiger partial charge in [0.05, 0.1) is 5.69 Å². The Hall–Kier alpha value is -2.45. The fourth-order valence-corrected chi connectivity index (χ4v) is 3.75. The predicted octanol–water partition coefficient (Wildman–Crippen LogP) is 1.74. The van der Waals surface area contributed by atoms with Crippen molar-refractivity contribution >= 4 is 22.0 Å². The van der Waals surface area contributed by atoms with E-state index in [0.717, 1.165) is 5.56 Å². The van der Waals surface area contributed by atoms with Crippen molar-refractivity contribution in [1.29, 1.82) is 0 Å². The summed E-state index contributed by atoms with van der Waals surface area (Å²) in [7, 11) is -3.51. The van der Waals surface area contributed by atoms with Crippen LogP contribution in [0.15, 0.2) is 46.3 Å². The van der Waals surface area contributed by atoms with Gasteiger partial charge in [-0.15, -0.1) is 0 Å². The van der Waals surface area contributed by atoms with Crippen LogP contribution in [-0.2, 0) is 10.0 Å². The molecule has 0 saturated carbocycles. The standard InChI is InChI=1S/C17H19N3O4S/c1-14-13-16(24-18-14)17(21)19-8-10-20(11-9-19)25(22,23)12-7-15-5-3-2-4-6-15/h2-7,12-13H,8-11H2,1H3. The molecule has 1 amide bonds. The number of carbonyl (C=O) groups is 1. The third kappa shape index (κ3) is 4.15. The number of hydrogen-bond acceptors (Lipinski definition) is 5. The van der Waals surface area contributed by atoms with Gasteiger partial charge >= 0.3 is 0 Å². The maximum Gasteiger partial charge on any atom is 0.292 e. The second-order valence-corrected chi connectivity index (χ2v) is 7.60. The van der Waals surface area contributed by atoms with Gasteiger partial charge in [0.2, 0.25) is 15.8 Å². The molecule has 132 valence electrons. The van der Waals surface area contributed by atoms with Gasteiger partial charge in [-0.1, -0.05) is 35.5 Å². The van der Waals surface area contributed by atoms with Crippen LogP contribution < -0.4 is 0 Å². The fraction of sp³-hybridized carbons (Fsp3) is 0.294. The van der Waals surface area contributed by atoms with Crippen LogP contribution in [0.5, 0.6) is 0 Å². The molecule has 8 heteroatoms. The summed E-state index contributed by atoms with van der Waals surface area (Å²) in [6, 6.07) is 10.8. The van der Waals surface area contributed by atoms with E-state index in [2.05, 4.69) is 5.16 Å². The highest BCUT2D eigenvalue weighted by atomic mass is 32.2. The molecule has 1 aromatic carbocycles. The summed E-state index contributed by atoms with van der Waals surface area (Å²) < 4.78 is 31.2. The van der Waals surface area contributed by atoms with Crippen LogP contribution in [-0.4, -0.2) is 54.9 Å². The van der Waals surface area contributed by atoms with Gasteiger partial charge in [-0.25, -0.2) is 8.42 Å². The highest BCUT2D eigenvalue weighted by molar-refractivity contribution is 7.92. The van der Waals surface area contributed by atoms with Crippen molar-refractivity contribution in [2.24, 2.45) is 0 Å². The lowest BCUT2D eigenvalue weighted by molar-refractivity contribution is 0.0657. The van der Waals surface area contributed by atoms with Crippen molar-refractivity contribution in [3.63, 3.8) is 0 Å². The maximum atomic E-state index is 12.4. The van der Waals surface area contributed by atoms with Crippen LogP contribution in [0.2, 0.25) is 0 Å². The van der Waals surface area contributed by atoms with Crippen molar-refractivity contribution in [1.82, 2.24) is 14.4 Å². The van der Waals surface area contributed by atoms with Gasteiger partial charge in [0.1, 0.15) is 0 Å². The molecule has 0 bridgehead atoms. The van der Waals surface area contributed by atoms with E-state index in [-0.39, 0.29) is 24.8 Å². The van der Waals surface area contributed by atoms with Crippen molar-refractivity contribution in [2.75, 3.05) is 26.2 Å². The highest BCUT2D eigenvalue weighted by Crippen LogP contribution is 2.14. The summed E-state index contributed by atoms with van der Waals surface area (Å²) in [5.74, 6) is -0.0877. The van der Waals surface area contributed by atoms with Gasteiger partial charge < -0.3 is 9.42 Å². The van der Waals surface area contributed by atoms with E-state index in [0.29, 0.717) is 18.8 Å². The molecule has 0 N–H and O–H groups in total. The molecule has 2 heterocycles. The number of hydrogen-bond donors (Lipinski definition) is 0. The number of sulfonamides is 1. The van der Waals surface area contributed by atoms with Crippen LogP contribution >= 0.6 is 0 Å². The van der Waals surface area contributed by atoms with Crippen molar-refractivity contribution in [3.05, 3.63) is 58.8 Å². The zero-order chi connectivity index (χ0) is 17.9. The van der Waals surface area contributed by atoms with E-state index in [1.165, 1.54) is 9.71 Å². The van der Waals surface area contributed by atoms with E-state index in [1.807, 2.05) is 30.3 Å². The largest absolute Gasteiger partial charge is 0.351 e. The van der Waals surface area contributed by atoms with Crippen molar-refractivity contribution in [3.8, 4) is 0 Å². The lowest BCUT2D eigenvalue weighted by atomic mass is 10.2. The molecular weight excluding hydrogens is 342 g/mol. The first-order valence-corrected chi connectivity index (χ1v) is 9.42. The maximum absolute atomic E-state index is 12.4. The smallest absolute Gasteiger partial charge is 0.292 e. The first-order valence-electron chi connectivity index (χ1n) is 7.91. The van der Waals surface area contributed by atoms with Gasteiger partial charge in [0, 0.05) is 37.7 Å². The number of nitrogens with zero attached hydrogens (tertiary/aromatic N) is 3. The zero-order valence-electron chi connectivity index (χ0n) is 13.8. The van der Waals surface area contributed by atoms with Gasteiger partial charge in [-0.3, -0.25) is 4.79 Å². The Labute approximate surface area is 146 Å². The Morgan fingerprint density at radius 2 is 1.84 bits per heavy atom. The van der Waals surface area contributed by atoms with E-state index >= 15 is 0 Å². The second-order valence-electron chi connectivity index (χ2n) is 5.78. The third-order valence-electron chi connectivity index (χ3n) is 3.96. The average Bonchev–Trinajstić information content (AvgIpc) is 3.07. The Morgan fingerprint density at radius 1 is 1.16 bits per heavy atom. The molecule has 7 nitrogen and oxygen atoms in total. The topological polar surface area (TPSA) is 83.7 Å². The van der Waals surface area contributed by atoms with Crippen LogP contribution in [0.3, 0.4) is 0 Å². The van der Waals surface area contributed by atoms with Crippen LogP contribution in [0.25, 0.3) is 6.08 Å².